The highest BCUT2D eigenvalue weighted by Crippen LogP contribution is 2.19. The van der Waals surface area contributed by atoms with E-state index in [-0.39, 0.29) is 6.10 Å². The van der Waals surface area contributed by atoms with Crippen LogP contribution in [0.2, 0.25) is 0 Å². The van der Waals surface area contributed by atoms with Crippen LogP contribution in [0.1, 0.15) is 12.5 Å². The molecule has 0 bridgehead atoms. The van der Waals surface area contributed by atoms with Crippen LogP contribution in [-0.2, 0) is 6.54 Å². The predicted octanol–water partition coefficient (Wildman–Crippen LogP) is 2.33. The van der Waals surface area contributed by atoms with Crippen molar-refractivity contribution in [3.8, 4) is 0 Å². The number of benzene rings is 1. The van der Waals surface area contributed by atoms with E-state index in [0.29, 0.717) is 6.54 Å². The van der Waals surface area contributed by atoms with Crippen LogP contribution in [0, 0.1) is 6.92 Å². The Morgan fingerprint density at radius 2 is 2.14 bits per heavy atom. The number of rotatable bonds is 2. The summed E-state index contributed by atoms with van der Waals surface area (Å²) in [6.45, 7) is 4.57. The first-order valence-electron chi connectivity index (χ1n) is 4.91. The highest BCUT2D eigenvalue weighted by molar-refractivity contribution is 5.83. The molecule has 0 spiro atoms. The molecule has 0 saturated heterocycles. The van der Waals surface area contributed by atoms with Crippen LogP contribution in [0.15, 0.2) is 30.5 Å². The Morgan fingerprint density at radius 1 is 1.36 bits per heavy atom. The van der Waals surface area contributed by atoms with E-state index in [1.165, 1.54) is 16.5 Å². The molecule has 0 amide bonds. The average molecular weight is 189 g/mol. The molecule has 0 aliphatic carbocycles. The molecule has 1 heterocycles. The monoisotopic (exact) mass is 189 g/mol. The van der Waals surface area contributed by atoms with Crippen molar-refractivity contribution < 1.29 is 5.11 Å². The predicted molar refractivity (Wildman–Crippen MR) is 58.4 cm³/mol. The smallest absolute Gasteiger partial charge is 0.0691 e. The van der Waals surface area contributed by atoms with Crippen molar-refractivity contribution in [2.75, 3.05) is 0 Å². The summed E-state index contributed by atoms with van der Waals surface area (Å²) in [5.41, 5.74) is 2.48. The molecule has 1 unspecified atom stereocenters. The van der Waals surface area contributed by atoms with Crippen molar-refractivity contribution in [1.29, 1.82) is 0 Å². The minimum Gasteiger partial charge on any atom is -0.392 e. The molecule has 1 aromatic carbocycles. The van der Waals surface area contributed by atoms with Crippen molar-refractivity contribution in [3.05, 3.63) is 36.0 Å². The van der Waals surface area contributed by atoms with Gasteiger partial charge in [0.25, 0.3) is 0 Å². The fraction of sp³-hybridized carbons (Fsp3) is 0.333. The van der Waals surface area contributed by atoms with E-state index in [1.807, 2.05) is 13.1 Å². The normalized spacial score (nSPS) is 13.4. The molecule has 0 saturated carbocycles. The minimum absolute atomic E-state index is 0.300. The van der Waals surface area contributed by atoms with Crippen LogP contribution >= 0.6 is 0 Å². The van der Waals surface area contributed by atoms with E-state index in [1.54, 1.807) is 0 Å². The lowest BCUT2D eigenvalue weighted by Crippen LogP contribution is -2.10. The molecule has 1 aromatic heterocycles. The van der Waals surface area contributed by atoms with Crippen molar-refractivity contribution in [2.45, 2.75) is 26.5 Å². The largest absolute Gasteiger partial charge is 0.392 e. The first kappa shape index (κ1) is 9.28. The zero-order chi connectivity index (χ0) is 10.1. The van der Waals surface area contributed by atoms with E-state index < -0.39 is 0 Å². The van der Waals surface area contributed by atoms with Crippen LogP contribution in [0.3, 0.4) is 0 Å². The standard InChI is InChI=1S/C12H15NO/c1-9-4-3-5-12-11(9)6-7-13(12)8-10(2)14/h3-7,10,14H,8H2,1-2H3. The molecule has 14 heavy (non-hydrogen) atoms. The van der Waals surface area contributed by atoms with Gasteiger partial charge in [-0.1, -0.05) is 12.1 Å². The molecule has 2 aromatic rings. The summed E-state index contributed by atoms with van der Waals surface area (Å²) in [6.07, 6.45) is 1.73. The van der Waals surface area contributed by atoms with Crippen LogP contribution in [0.4, 0.5) is 0 Å². The summed E-state index contributed by atoms with van der Waals surface area (Å²) in [5.74, 6) is 0. The molecular weight excluding hydrogens is 174 g/mol. The lowest BCUT2D eigenvalue weighted by atomic mass is 10.1. The molecule has 2 heteroatoms. The highest BCUT2D eigenvalue weighted by Gasteiger charge is 2.04. The molecule has 74 valence electrons. The second-order valence-corrected chi connectivity index (χ2v) is 3.82. The number of aryl methyl sites for hydroxylation is 1. The molecule has 0 aliphatic rings. The van der Waals surface area contributed by atoms with Gasteiger partial charge in [-0.3, -0.25) is 0 Å². The Hall–Kier alpha value is -1.28. The Kier molecular flexibility index (Phi) is 2.30. The molecule has 1 atom stereocenters. The lowest BCUT2D eigenvalue weighted by molar-refractivity contribution is 0.175. The third-order valence-electron chi connectivity index (χ3n) is 2.49. The zero-order valence-corrected chi connectivity index (χ0v) is 8.57. The van der Waals surface area contributed by atoms with Gasteiger partial charge in [-0.05, 0) is 31.5 Å². The zero-order valence-electron chi connectivity index (χ0n) is 8.57. The SMILES string of the molecule is Cc1cccc2c1ccn2CC(C)O. The van der Waals surface area contributed by atoms with Gasteiger partial charge in [-0.2, -0.15) is 0 Å². The van der Waals surface area contributed by atoms with Crippen LogP contribution in [0.25, 0.3) is 10.9 Å². The Balaban J connectivity index is 2.52. The van der Waals surface area contributed by atoms with Crippen molar-refractivity contribution >= 4 is 10.9 Å². The third-order valence-corrected chi connectivity index (χ3v) is 2.49. The number of nitrogens with zero attached hydrogens (tertiary/aromatic N) is 1. The molecule has 0 aliphatic heterocycles. The molecule has 0 fully saturated rings. The van der Waals surface area contributed by atoms with Crippen molar-refractivity contribution in [2.24, 2.45) is 0 Å². The number of fused-ring (bicyclic) bond motifs is 1. The number of hydrogen-bond donors (Lipinski definition) is 1. The van der Waals surface area contributed by atoms with E-state index in [0.717, 1.165) is 0 Å². The molecule has 2 nitrogen and oxygen atoms in total. The first-order valence-corrected chi connectivity index (χ1v) is 4.91. The van der Waals surface area contributed by atoms with Crippen molar-refractivity contribution in [1.82, 2.24) is 4.57 Å². The fourth-order valence-electron chi connectivity index (χ4n) is 1.82. The number of aliphatic hydroxyl groups excluding tert-OH is 1. The lowest BCUT2D eigenvalue weighted by Gasteiger charge is -2.07. The summed E-state index contributed by atoms with van der Waals surface area (Å²) in [5, 5.41) is 10.6. The maximum atomic E-state index is 9.33. The second kappa shape index (κ2) is 3.46. The summed E-state index contributed by atoms with van der Waals surface area (Å²) < 4.78 is 2.09. The Bertz CT molecular complexity index is 443. The third kappa shape index (κ3) is 1.53. The van der Waals surface area contributed by atoms with E-state index in [2.05, 4.69) is 35.8 Å². The Labute approximate surface area is 83.8 Å². The van der Waals surface area contributed by atoms with Gasteiger partial charge in [0.2, 0.25) is 0 Å². The number of aromatic nitrogens is 1. The van der Waals surface area contributed by atoms with Gasteiger partial charge >= 0.3 is 0 Å². The van der Waals surface area contributed by atoms with Gasteiger partial charge in [0, 0.05) is 23.6 Å². The summed E-state index contributed by atoms with van der Waals surface area (Å²) in [6, 6.07) is 8.35. The van der Waals surface area contributed by atoms with Gasteiger partial charge in [0.05, 0.1) is 6.10 Å². The van der Waals surface area contributed by atoms with E-state index in [9.17, 15) is 5.11 Å². The summed E-state index contributed by atoms with van der Waals surface area (Å²) in [7, 11) is 0. The van der Waals surface area contributed by atoms with Crippen LogP contribution in [0.5, 0.6) is 0 Å². The number of aliphatic hydroxyl groups is 1. The van der Waals surface area contributed by atoms with E-state index >= 15 is 0 Å². The maximum Gasteiger partial charge on any atom is 0.0691 e. The van der Waals surface area contributed by atoms with Gasteiger partial charge < -0.3 is 9.67 Å². The molecule has 2 rings (SSSR count). The average Bonchev–Trinajstić information content (AvgIpc) is 2.49. The summed E-state index contributed by atoms with van der Waals surface area (Å²) >= 11 is 0. The fourth-order valence-corrected chi connectivity index (χ4v) is 1.82. The molecule has 0 radical (unpaired) electrons. The molecular formula is C12H15NO. The topological polar surface area (TPSA) is 25.2 Å². The van der Waals surface area contributed by atoms with E-state index in [4.69, 9.17) is 0 Å². The van der Waals surface area contributed by atoms with Crippen molar-refractivity contribution in [3.63, 3.8) is 0 Å². The highest BCUT2D eigenvalue weighted by atomic mass is 16.3. The minimum atomic E-state index is -0.300. The second-order valence-electron chi connectivity index (χ2n) is 3.82. The van der Waals surface area contributed by atoms with Gasteiger partial charge in [-0.25, -0.2) is 0 Å². The van der Waals surface area contributed by atoms with Gasteiger partial charge in [0.1, 0.15) is 0 Å². The molecule has 1 N–H and O–H groups in total. The van der Waals surface area contributed by atoms with Crippen LogP contribution < -0.4 is 0 Å². The maximum absolute atomic E-state index is 9.33. The summed E-state index contributed by atoms with van der Waals surface area (Å²) in [4.78, 5) is 0. The van der Waals surface area contributed by atoms with Crippen LogP contribution in [-0.4, -0.2) is 15.8 Å². The first-order chi connectivity index (χ1) is 6.68. The van der Waals surface area contributed by atoms with Gasteiger partial charge in [-0.15, -0.1) is 0 Å². The quantitative estimate of drug-likeness (QED) is 0.770. The van der Waals surface area contributed by atoms with Gasteiger partial charge in [0.15, 0.2) is 0 Å². The Morgan fingerprint density at radius 3 is 2.86 bits per heavy atom. The number of hydrogen-bond acceptors (Lipinski definition) is 1.